The Morgan fingerprint density at radius 3 is 2.77 bits per heavy atom. The Balaban J connectivity index is 1.48. The molecule has 0 spiro atoms. The van der Waals surface area contributed by atoms with Crippen molar-refractivity contribution in [2.75, 3.05) is 13.2 Å². The number of urea groups is 1. The third-order valence-electron chi connectivity index (χ3n) is 4.68. The highest BCUT2D eigenvalue weighted by atomic mass is 16.5. The van der Waals surface area contributed by atoms with Crippen LogP contribution in [0.15, 0.2) is 30.3 Å². The van der Waals surface area contributed by atoms with E-state index in [1.165, 1.54) is 0 Å². The van der Waals surface area contributed by atoms with Crippen LogP contribution in [0.2, 0.25) is 0 Å². The molecule has 3 rings (SSSR count). The van der Waals surface area contributed by atoms with Crippen LogP contribution in [0.25, 0.3) is 0 Å². The molecule has 3 N–H and O–H groups in total. The van der Waals surface area contributed by atoms with Crippen molar-refractivity contribution in [3.8, 4) is 0 Å². The monoisotopic (exact) mass is 304 g/mol. The lowest BCUT2D eigenvalue weighted by atomic mass is 9.95. The average molecular weight is 304 g/mol. The van der Waals surface area contributed by atoms with E-state index in [-0.39, 0.29) is 30.7 Å². The molecule has 1 aromatic carbocycles. The molecule has 5 nitrogen and oxygen atoms in total. The first-order chi connectivity index (χ1) is 10.8. The van der Waals surface area contributed by atoms with Crippen LogP contribution >= 0.6 is 0 Å². The van der Waals surface area contributed by atoms with Gasteiger partial charge in [0.2, 0.25) is 0 Å². The number of fused-ring (bicyclic) bond motifs is 2. The van der Waals surface area contributed by atoms with Crippen molar-refractivity contribution in [1.29, 1.82) is 0 Å². The van der Waals surface area contributed by atoms with E-state index >= 15 is 0 Å². The molecule has 2 amide bonds. The molecule has 2 aliphatic rings. The lowest BCUT2D eigenvalue weighted by molar-refractivity contribution is 0.0981. The summed E-state index contributed by atoms with van der Waals surface area (Å²) in [6, 6.07) is 9.99. The summed E-state index contributed by atoms with van der Waals surface area (Å²) in [5.74, 6) is 0.133. The SMILES string of the molecule is O=C(NCC(CCO)c1ccccc1)NC1CC2CCC1O2. The summed E-state index contributed by atoms with van der Waals surface area (Å²) in [5.41, 5.74) is 1.14. The molecule has 2 heterocycles. The average Bonchev–Trinajstić information content (AvgIpc) is 3.15. The van der Waals surface area contributed by atoms with Gasteiger partial charge in [-0.25, -0.2) is 4.79 Å². The molecule has 2 bridgehead atoms. The van der Waals surface area contributed by atoms with E-state index in [1.807, 2.05) is 30.3 Å². The minimum atomic E-state index is -0.139. The molecule has 0 saturated carbocycles. The molecule has 2 aliphatic heterocycles. The van der Waals surface area contributed by atoms with Crippen molar-refractivity contribution in [2.24, 2.45) is 0 Å². The van der Waals surface area contributed by atoms with Crippen LogP contribution in [-0.2, 0) is 4.74 Å². The number of aliphatic hydroxyl groups excluding tert-OH is 1. The van der Waals surface area contributed by atoms with Crippen molar-refractivity contribution in [1.82, 2.24) is 10.6 Å². The van der Waals surface area contributed by atoms with Crippen molar-refractivity contribution < 1.29 is 14.6 Å². The molecule has 4 unspecified atom stereocenters. The maximum Gasteiger partial charge on any atom is 0.315 e. The number of ether oxygens (including phenoxy) is 1. The molecule has 120 valence electrons. The number of hydrogen-bond donors (Lipinski definition) is 3. The lowest BCUT2D eigenvalue weighted by Gasteiger charge is -2.22. The smallest absolute Gasteiger partial charge is 0.315 e. The summed E-state index contributed by atoms with van der Waals surface area (Å²) in [4.78, 5) is 12.1. The predicted molar refractivity (Wildman–Crippen MR) is 83.7 cm³/mol. The molecule has 0 radical (unpaired) electrons. The zero-order valence-corrected chi connectivity index (χ0v) is 12.7. The standard InChI is InChI=1S/C17H24N2O3/c20-9-8-13(12-4-2-1-3-5-12)11-18-17(21)19-15-10-14-6-7-16(15)22-14/h1-5,13-16,20H,6-11H2,(H2,18,19,21). The second kappa shape index (κ2) is 7.11. The van der Waals surface area contributed by atoms with Crippen LogP contribution < -0.4 is 10.6 Å². The molecule has 22 heavy (non-hydrogen) atoms. The molecular weight excluding hydrogens is 280 g/mol. The number of rotatable bonds is 6. The van der Waals surface area contributed by atoms with Gasteiger partial charge in [0.1, 0.15) is 0 Å². The topological polar surface area (TPSA) is 70.6 Å². The Kier molecular flexibility index (Phi) is 4.95. The Bertz CT molecular complexity index is 494. The van der Waals surface area contributed by atoms with Crippen LogP contribution in [-0.4, -0.2) is 42.5 Å². The summed E-state index contributed by atoms with van der Waals surface area (Å²) in [6.07, 6.45) is 4.27. The van der Waals surface area contributed by atoms with Gasteiger partial charge in [-0.1, -0.05) is 30.3 Å². The maximum absolute atomic E-state index is 12.1. The number of carbonyl (C=O) groups excluding carboxylic acids is 1. The zero-order valence-electron chi connectivity index (χ0n) is 12.7. The zero-order chi connectivity index (χ0) is 15.4. The Morgan fingerprint density at radius 1 is 1.32 bits per heavy atom. The van der Waals surface area contributed by atoms with Crippen LogP contribution in [0.3, 0.4) is 0 Å². The Hall–Kier alpha value is -1.59. The number of hydrogen-bond acceptors (Lipinski definition) is 3. The quantitative estimate of drug-likeness (QED) is 0.750. The molecule has 0 aliphatic carbocycles. The summed E-state index contributed by atoms with van der Waals surface area (Å²) in [6.45, 7) is 0.640. The molecule has 0 aromatic heterocycles. The lowest BCUT2D eigenvalue weighted by Crippen LogP contribution is -2.47. The third kappa shape index (κ3) is 3.59. The minimum Gasteiger partial charge on any atom is -0.396 e. The summed E-state index contributed by atoms with van der Waals surface area (Å²) >= 11 is 0. The van der Waals surface area contributed by atoms with E-state index in [2.05, 4.69) is 10.6 Å². The van der Waals surface area contributed by atoms with Crippen molar-refractivity contribution in [2.45, 2.75) is 49.9 Å². The van der Waals surface area contributed by atoms with E-state index < -0.39 is 0 Å². The highest BCUT2D eigenvalue weighted by Crippen LogP contribution is 2.34. The van der Waals surface area contributed by atoms with E-state index in [4.69, 9.17) is 4.74 Å². The van der Waals surface area contributed by atoms with Gasteiger partial charge in [-0.05, 0) is 31.2 Å². The fourth-order valence-electron chi connectivity index (χ4n) is 3.49. The molecule has 5 heteroatoms. The van der Waals surface area contributed by atoms with Crippen molar-refractivity contribution in [3.63, 3.8) is 0 Å². The maximum atomic E-state index is 12.1. The Labute approximate surface area is 131 Å². The first kappa shape index (κ1) is 15.3. The van der Waals surface area contributed by atoms with Crippen molar-refractivity contribution >= 4 is 6.03 Å². The van der Waals surface area contributed by atoms with Gasteiger partial charge in [-0.15, -0.1) is 0 Å². The number of amides is 2. The van der Waals surface area contributed by atoms with Crippen LogP contribution in [0, 0.1) is 0 Å². The Morgan fingerprint density at radius 2 is 2.14 bits per heavy atom. The molecule has 2 fully saturated rings. The molecule has 4 atom stereocenters. The van der Waals surface area contributed by atoms with Gasteiger partial charge >= 0.3 is 6.03 Å². The van der Waals surface area contributed by atoms with E-state index in [0.717, 1.165) is 24.8 Å². The van der Waals surface area contributed by atoms with E-state index in [9.17, 15) is 9.90 Å². The van der Waals surface area contributed by atoms with Crippen molar-refractivity contribution in [3.05, 3.63) is 35.9 Å². The normalized spacial score (nSPS) is 27.6. The number of aliphatic hydroxyl groups is 1. The van der Waals surface area contributed by atoms with Gasteiger partial charge in [-0.3, -0.25) is 0 Å². The highest BCUT2D eigenvalue weighted by molar-refractivity contribution is 5.74. The van der Waals surface area contributed by atoms with Crippen LogP contribution in [0.4, 0.5) is 4.79 Å². The van der Waals surface area contributed by atoms with E-state index in [1.54, 1.807) is 0 Å². The minimum absolute atomic E-state index is 0.114. The third-order valence-corrected chi connectivity index (χ3v) is 4.68. The van der Waals surface area contributed by atoms with Gasteiger partial charge < -0.3 is 20.5 Å². The molecule has 2 saturated heterocycles. The van der Waals surface area contributed by atoms with Gasteiger partial charge in [0.15, 0.2) is 0 Å². The summed E-state index contributed by atoms with van der Waals surface area (Å²) in [5, 5.41) is 15.2. The number of nitrogens with one attached hydrogen (secondary N) is 2. The molecular formula is C17H24N2O3. The predicted octanol–water partition coefficient (Wildman–Crippen LogP) is 1.77. The summed E-state index contributed by atoms with van der Waals surface area (Å²) in [7, 11) is 0. The number of benzene rings is 1. The van der Waals surface area contributed by atoms with Gasteiger partial charge in [0.05, 0.1) is 18.2 Å². The van der Waals surface area contributed by atoms with Gasteiger partial charge in [0, 0.05) is 19.1 Å². The first-order valence-corrected chi connectivity index (χ1v) is 8.12. The first-order valence-electron chi connectivity index (χ1n) is 8.12. The fourth-order valence-corrected chi connectivity index (χ4v) is 3.49. The largest absolute Gasteiger partial charge is 0.396 e. The van der Waals surface area contributed by atoms with Gasteiger partial charge in [0.25, 0.3) is 0 Å². The highest BCUT2D eigenvalue weighted by Gasteiger charge is 2.41. The van der Waals surface area contributed by atoms with Crippen LogP contribution in [0.5, 0.6) is 0 Å². The van der Waals surface area contributed by atoms with Crippen LogP contribution in [0.1, 0.15) is 37.2 Å². The van der Waals surface area contributed by atoms with E-state index in [0.29, 0.717) is 19.1 Å². The second-order valence-corrected chi connectivity index (χ2v) is 6.19. The van der Waals surface area contributed by atoms with Gasteiger partial charge in [-0.2, -0.15) is 0 Å². The second-order valence-electron chi connectivity index (χ2n) is 6.19. The number of carbonyl (C=O) groups is 1. The fraction of sp³-hybridized carbons (Fsp3) is 0.588. The molecule has 1 aromatic rings. The summed E-state index contributed by atoms with van der Waals surface area (Å²) < 4.78 is 5.74.